The molecule has 0 radical (unpaired) electrons. The number of para-hydroxylation sites is 1. The maximum absolute atomic E-state index is 13.5. The Morgan fingerprint density at radius 3 is 2.67 bits per heavy atom. The minimum absolute atomic E-state index is 0.146. The molecule has 0 saturated carbocycles. The molecule has 0 aliphatic rings. The summed E-state index contributed by atoms with van der Waals surface area (Å²) in [6.07, 6.45) is 0. The molecular formula is C16H11BrFNO2. The number of Topliss-reactive ketones (excluding diaryl/α,β-unsaturated/α-hetero) is 1. The molecule has 0 aromatic heterocycles. The fourth-order valence-electron chi connectivity index (χ4n) is 1.99. The van der Waals surface area contributed by atoms with Gasteiger partial charge in [-0.05, 0) is 34.1 Å². The predicted molar refractivity (Wildman–Crippen MR) is 79.8 cm³/mol. The molecule has 2 aromatic carbocycles. The van der Waals surface area contributed by atoms with Crippen LogP contribution < -0.4 is 4.74 Å². The summed E-state index contributed by atoms with van der Waals surface area (Å²) in [7, 11) is 1.47. The van der Waals surface area contributed by atoms with Crippen molar-refractivity contribution < 1.29 is 13.9 Å². The Bertz CT molecular complexity index is 724. The van der Waals surface area contributed by atoms with Crippen LogP contribution in [-0.4, -0.2) is 12.9 Å². The zero-order valence-electron chi connectivity index (χ0n) is 11.1. The van der Waals surface area contributed by atoms with Crippen molar-refractivity contribution in [2.75, 3.05) is 7.11 Å². The zero-order valence-corrected chi connectivity index (χ0v) is 12.7. The van der Waals surface area contributed by atoms with Gasteiger partial charge < -0.3 is 4.74 Å². The van der Waals surface area contributed by atoms with E-state index < -0.39 is 17.5 Å². The zero-order chi connectivity index (χ0) is 15.4. The molecule has 0 aliphatic heterocycles. The van der Waals surface area contributed by atoms with Gasteiger partial charge >= 0.3 is 0 Å². The highest BCUT2D eigenvalue weighted by Crippen LogP contribution is 2.29. The van der Waals surface area contributed by atoms with Crippen LogP contribution in [0.15, 0.2) is 46.9 Å². The molecule has 2 rings (SSSR count). The van der Waals surface area contributed by atoms with Crippen LogP contribution in [0.2, 0.25) is 0 Å². The summed E-state index contributed by atoms with van der Waals surface area (Å²) in [5.74, 6) is -1.59. The summed E-state index contributed by atoms with van der Waals surface area (Å²) >= 11 is 3.03. The van der Waals surface area contributed by atoms with Gasteiger partial charge in [0.05, 0.1) is 17.7 Å². The van der Waals surface area contributed by atoms with Crippen LogP contribution in [0.3, 0.4) is 0 Å². The Hall–Kier alpha value is -2.19. The Labute approximate surface area is 130 Å². The van der Waals surface area contributed by atoms with E-state index in [1.54, 1.807) is 24.3 Å². The number of rotatable bonds is 4. The normalized spacial score (nSPS) is 11.5. The van der Waals surface area contributed by atoms with E-state index in [1.807, 2.05) is 6.07 Å². The topological polar surface area (TPSA) is 50.1 Å². The number of nitriles is 1. The van der Waals surface area contributed by atoms with Gasteiger partial charge in [-0.25, -0.2) is 4.39 Å². The maximum Gasteiger partial charge on any atom is 0.184 e. The number of halogens is 2. The van der Waals surface area contributed by atoms with Gasteiger partial charge in [-0.15, -0.1) is 0 Å². The summed E-state index contributed by atoms with van der Waals surface area (Å²) < 4.78 is 19.0. The molecule has 106 valence electrons. The van der Waals surface area contributed by atoms with Crippen molar-refractivity contribution in [3.8, 4) is 11.8 Å². The third kappa shape index (κ3) is 3.11. The van der Waals surface area contributed by atoms with Gasteiger partial charge in [0.1, 0.15) is 17.5 Å². The van der Waals surface area contributed by atoms with E-state index in [-0.39, 0.29) is 10.0 Å². The largest absolute Gasteiger partial charge is 0.496 e. The van der Waals surface area contributed by atoms with Crippen LogP contribution in [-0.2, 0) is 0 Å². The van der Waals surface area contributed by atoms with Crippen molar-refractivity contribution in [2.24, 2.45) is 0 Å². The monoisotopic (exact) mass is 347 g/mol. The first kappa shape index (κ1) is 15.2. The van der Waals surface area contributed by atoms with E-state index in [1.165, 1.54) is 19.2 Å². The number of hydrogen-bond donors (Lipinski definition) is 0. The number of nitrogens with zero attached hydrogens (tertiary/aromatic N) is 1. The molecule has 0 saturated heterocycles. The third-order valence-corrected chi connectivity index (χ3v) is 3.69. The minimum atomic E-state index is -1.04. The van der Waals surface area contributed by atoms with Crippen LogP contribution in [0.4, 0.5) is 4.39 Å². The van der Waals surface area contributed by atoms with Gasteiger partial charge in [0, 0.05) is 11.1 Å². The van der Waals surface area contributed by atoms with E-state index in [2.05, 4.69) is 15.9 Å². The molecule has 0 amide bonds. The fraction of sp³-hybridized carbons (Fsp3) is 0.125. The number of ether oxygens (including phenoxy) is 1. The van der Waals surface area contributed by atoms with Crippen molar-refractivity contribution in [2.45, 2.75) is 5.92 Å². The molecule has 0 N–H and O–H groups in total. The van der Waals surface area contributed by atoms with Crippen molar-refractivity contribution >= 4 is 21.7 Å². The Kier molecular flexibility index (Phi) is 4.71. The highest BCUT2D eigenvalue weighted by molar-refractivity contribution is 9.10. The number of ketones is 1. The average molecular weight is 348 g/mol. The van der Waals surface area contributed by atoms with Gasteiger partial charge in [-0.3, -0.25) is 4.79 Å². The first-order valence-electron chi connectivity index (χ1n) is 6.10. The lowest BCUT2D eigenvalue weighted by atomic mass is 9.91. The fourth-order valence-corrected chi connectivity index (χ4v) is 2.24. The molecule has 2 aromatic rings. The smallest absolute Gasteiger partial charge is 0.184 e. The van der Waals surface area contributed by atoms with Crippen LogP contribution in [0, 0.1) is 17.1 Å². The first-order valence-corrected chi connectivity index (χ1v) is 6.89. The second-order valence-corrected chi connectivity index (χ2v) is 5.15. The van der Waals surface area contributed by atoms with Crippen molar-refractivity contribution in [3.05, 3.63) is 63.9 Å². The lowest BCUT2D eigenvalue weighted by Gasteiger charge is -2.13. The molecule has 0 aliphatic carbocycles. The van der Waals surface area contributed by atoms with Crippen LogP contribution in [0.1, 0.15) is 21.8 Å². The minimum Gasteiger partial charge on any atom is -0.496 e. The summed E-state index contributed by atoms with van der Waals surface area (Å²) in [5.41, 5.74) is 0.615. The number of carbonyl (C=O) groups excluding carboxylic acids is 1. The van der Waals surface area contributed by atoms with Gasteiger partial charge in [-0.2, -0.15) is 5.26 Å². The Morgan fingerprint density at radius 1 is 1.33 bits per heavy atom. The van der Waals surface area contributed by atoms with Gasteiger partial charge in [-0.1, -0.05) is 24.3 Å². The van der Waals surface area contributed by atoms with Crippen LogP contribution >= 0.6 is 15.9 Å². The second kappa shape index (κ2) is 6.51. The average Bonchev–Trinajstić information content (AvgIpc) is 2.51. The van der Waals surface area contributed by atoms with Gasteiger partial charge in [0.2, 0.25) is 0 Å². The first-order chi connectivity index (χ1) is 10.1. The molecule has 0 spiro atoms. The summed E-state index contributed by atoms with van der Waals surface area (Å²) in [6.45, 7) is 0. The second-order valence-electron chi connectivity index (χ2n) is 4.30. The number of methoxy groups -OCH3 is 1. The quantitative estimate of drug-likeness (QED) is 0.782. The van der Waals surface area contributed by atoms with E-state index in [9.17, 15) is 14.4 Å². The number of hydrogen-bond acceptors (Lipinski definition) is 3. The summed E-state index contributed by atoms with van der Waals surface area (Å²) in [4.78, 5) is 12.4. The van der Waals surface area contributed by atoms with Crippen molar-refractivity contribution in [1.82, 2.24) is 0 Å². The maximum atomic E-state index is 13.5. The van der Waals surface area contributed by atoms with E-state index in [0.29, 0.717) is 11.3 Å². The van der Waals surface area contributed by atoms with Gasteiger partial charge in [0.25, 0.3) is 0 Å². The van der Waals surface area contributed by atoms with Crippen molar-refractivity contribution in [3.63, 3.8) is 0 Å². The number of carbonyl (C=O) groups is 1. The molecule has 5 heteroatoms. The molecule has 0 bridgehead atoms. The van der Waals surface area contributed by atoms with Crippen LogP contribution in [0.5, 0.6) is 5.75 Å². The molecule has 0 heterocycles. The van der Waals surface area contributed by atoms with E-state index in [4.69, 9.17) is 4.74 Å². The summed E-state index contributed by atoms with van der Waals surface area (Å²) in [6, 6.07) is 12.8. The van der Waals surface area contributed by atoms with E-state index in [0.717, 1.165) is 6.07 Å². The van der Waals surface area contributed by atoms with E-state index >= 15 is 0 Å². The highest BCUT2D eigenvalue weighted by atomic mass is 79.9. The van der Waals surface area contributed by atoms with Gasteiger partial charge in [0.15, 0.2) is 5.78 Å². The Balaban J connectivity index is 2.44. The summed E-state index contributed by atoms with van der Waals surface area (Å²) in [5, 5.41) is 9.33. The molecule has 21 heavy (non-hydrogen) atoms. The number of benzene rings is 2. The predicted octanol–water partition coefficient (Wildman–Crippen LogP) is 4.09. The lowest BCUT2D eigenvalue weighted by molar-refractivity contribution is 0.0977. The highest BCUT2D eigenvalue weighted by Gasteiger charge is 2.25. The van der Waals surface area contributed by atoms with Crippen LogP contribution in [0.25, 0.3) is 0 Å². The SMILES string of the molecule is COc1ccccc1C(C#N)C(=O)c1ccc(Br)c(F)c1. The lowest BCUT2D eigenvalue weighted by Crippen LogP contribution is -2.12. The standard InChI is InChI=1S/C16H11BrFNO2/c1-21-15-5-3-2-4-11(15)12(9-19)16(20)10-6-7-13(17)14(18)8-10/h2-8,12H,1H3. The van der Waals surface area contributed by atoms with Crippen molar-refractivity contribution in [1.29, 1.82) is 5.26 Å². The molecule has 1 unspecified atom stereocenters. The molecular weight excluding hydrogens is 337 g/mol. The molecule has 1 atom stereocenters. The molecule has 3 nitrogen and oxygen atoms in total. The third-order valence-electron chi connectivity index (χ3n) is 3.05. The Morgan fingerprint density at radius 2 is 2.05 bits per heavy atom. The molecule has 0 fully saturated rings.